The quantitative estimate of drug-likeness (QED) is 0.735. The number of anilines is 1. The minimum Gasteiger partial charge on any atom is -0.484 e. The molecule has 3 rings (SSSR count). The molecule has 1 aliphatic rings. The molecule has 1 aliphatic heterocycles. The summed E-state index contributed by atoms with van der Waals surface area (Å²) in [6, 6.07) is 11.4. The monoisotopic (exact) mass is 436 g/mol. The van der Waals surface area contributed by atoms with Gasteiger partial charge in [0.1, 0.15) is 5.75 Å². The summed E-state index contributed by atoms with van der Waals surface area (Å²) in [4.78, 5) is 12.4. The average molecular weight is 437 g/mol. The van der Waals surface area contributed by atoms with Gasteiger partial charge < -0.3 is 10.1 Å². The molecular weight excluding hydrogens is 412 g/mol. The lowest BCUT2D eigenvalue weighted by Crippen LogP contribution is -2.31. The van der Waals surface area contributed by atoms with E-state index in [-0.39, 0.29) is 17.4 Å². The Morgan fingerprint density at radius 1 is 1.07 bits per heavy atom. The van der Waals surface area contributed by atoms with Crippen LogP contribution in [0.25, 0.3) is 0 Å². The summed E-state index contributed by atoms with van der Waals surface area (Å²) >= 11 is 5.97. The van der Waals surface area contributed by atoms with E-state index in [0.717, 1.165) is 31.2 Å². The van der Waals surface area contributed by atoms with Gasteiger partial charge in [0.05, 0.1) is 4.90 Å². The zero-order valence-electron chi connectivity index (χ0n) is 16.4. The van der Waals surface area contributed by atoms with Crippen molar-refractivity contribution in [1.29, 1.82) is 0 Å². The summed E-state index contributed by atoms with van der Waals surface area (Å²) in [5.41, 5.74) is 1.38. The maximum Gasteiger partial charge on any atom is 0.262 e. The molecule has 1 fully saturated rings. The number of hydrogen-bond donors (Lipinski definition) is 1. The first-order valence-corrected chi connectivity index (χ1v) is 11.5. The van der Waals surface area contributed by atoms with Gasteiger partial charge in [-0.25, -0.2) is 8.42 Å². The van der Waals surface area contributed by atoms with Crippen LogP contribution in [0.4, 0.5) is 5.69 Å². The van der Waals surface area contributed by atoms with Crippen LogP contribution in [0.15, 0.2) is 47.4 Å². The van der Waals surface area contributed by atoms with Gasteiger partial charge in [0.2, 0.25) is 10.0 Å². The molecule has 0 aliphatic carbocycles. The number of nitrogens with zero attached hydrogens (tertiary/aromatic N) is 1. The van der Waals surface area contributed by atoms with Crippen LogP contribution in [0.5, 0.6) is 5.75 Å². The maximum atomic E-state index is 12.8. The van der Waals surface area contributed by atoms with Gasteiger partial charge in [-0.1, -0.05) is 24.4 Å². The van der Waals surface area contributed by atoms with Crippen molar-refractivity contribution in [2.75, 3.05) is 25.0 Å². The van der Waals surface area contributed by atoms with E-state index < -0.39 is 10.0 Å². The lowest BCUT2D eigenvalue weighted by Gasteiger charge is -2.20. The summed E-state index contributed by atoms with van der Waals surface area (Å²) in [6.45, 7) is 2.82. The summed E-state index contributed by atoms with van der Waals surface area (Å²) in [5, 5.41) is 3.34. The molecule has 0 saturated carbocycles. The van der Waals surface area contributed by atoms with Gasteiger partial charge in [-0.2, -0.15) is 4.31 Å². The fourth-order valence-corrected chi connectivity index (χ4v) is 4.83. The third-order valence-electron chi connectivity index (χ3n) is 4.84. The molecule has 0 spiro atoms. The van der Waals surface area contributed by atoms with Crippen LogP contribution in [-0.2, 0) is 14.8 Å². The third kappa shape index (κ3) is 5.72. The molecule has 6 nitrogen and oxygen atoms in total. The third-order valence-corrected chi connectivity index (χ3v) is 7.18. The molecule has 0 radical (unpaired) electrons. The highest BCUT2D eigenvalue weighted by Gasteiger charge is 2.24. The highest BCUT2D eigenvalue weighted by molar-refractivity contribution is 7.89. The molecule has 1 N–H and O–H groups in total. The Labute approximate surface area is 176 Å². The highest BCUT2D eigenvalue weighted by atomic mass is 35.5. The van der Waals surface area contributed by atoms with Gasteiger partial charge in [-0.3, -0.25) is 4.79 Å². The topological polar surface area (TPSA) is 75.7 Å². The van der Waals surface area contributed by atoms with Crippen molar-refractivity contribution in [3.05, 3.63) is 53.1 Å². The molecule has 2 aromatic carbocycles. The molecule has 0 bridgehead atoms. The second-order valence-electron chi connectivity index (χ2n) is 7.09. The number of benzene rings is 2. The van der Waals surface area contributed by atoms with Crippen molar-refractivity contribution >= 4 is 33.2 Å². The van der Waals surface area contributed by atoms with Crippen LogP contribution in [-0.4, -0.2) is 38.3 Å². The number of carbonyl (C=O) groups excluding carboxylic acids is 1. The largest absolute Gasteiger partial charge is 0.484 e. The molecule has 29 heavy (non-hydrogen) atoms. The van der Waals surface area contributed by atoms with E-state index in [4.69, 9.17) is 16.3 Å². The average Bonchev–Trinajstić information content (AvgIpc) is 2.99. The van der Waals surface area contributed by atoms with Gasteiger partial charge in [0, 0.05) is 23.8 Å². The summed E-state index contributed by atoms with van der Waals surface area (Å²) in [6.07, 6.45) is 3.91. The summed E-state index contributed by atoms with van der Waals surface area (Å²) in [7, 11) is -3.50. The van der Waals surface area contributed by atoms with Gasteiger partial charge in [0.15, 0.2) is 6.61 Å². The van der Waals surface area contributed by atoms with Crippen LogP contribution >= 0.6 is 11.6 Å². The Kier molecular flexibility index (Phi) is 7.16. The van der Waals surface area contributed by atoms with E-state index in [0.29, 0.717) is 29.5 Å². The van der Waals surface area contributed by atoms with Crippen LogP contribution in [0.3, 0.4) is 0 Å². The molecule has 0 atom stereocenters. The van der Waals surface area contributed by atoms with Crippen molar-refractivity contribution in [1.82, 2.24) is 4.31 Å². The van der Waals surface area contributed by atoms with Crippen LogP contribution in [0.2, 0.25) is 5.02 Å². The van der Waals surface area contributed by atoms with Crippen LogP contribution in [0.1, 0.15) is 31.2 Å². The number of carbonyl (C=O) groups is 1. The number of rotatable bonds is 6. The molecule has 1 heterocycles. The zero-order chi connectivity index (χ0) is 20.9. The lowest BCUT2D eigenvalue weighted by atomic mass is 10.2. The molecule has 8 heteroatoms. The number of amides is 1. The first-order chi connectivity index (χ1) is 13.9. The number of hydrogen-bond acceptors (Lipinski definition) is 4. The second-order valence-corrected chi connectivity index (χ2v) is 9.44. The second kappa shape index (κ2) is 9.61. The normalized spacial score (nSPS) is 15.5. The van der Waals surface area contributed by atoms with E-state index in [1.54, 1.807) is 34.6 Å². The molecule has 156 valence electrons. The molecule has 2 aromatic rings. The van der Waals surface area contributed by atoms with Crippen molar-refractivity contribution in [3.8, 4) is 5.75 Å². The maximum absolute atomic E-state index is 12.8. The van der Waals surface area contributed by atoms with Gasteiger partial charge in [-0.05, 0) is 67.8 Å². The smallest absolute Gasteiger partial charge is 0.262 e. The molecule has 1 saturated heterocycles. The Morgan fingerprint density at radius 2 is 1.72 bits per heavy atom. The highest BCUT2D eigenvalue weighted by Crippen LogP contribution is 2.23. The number of halogens is 1. The van der Waals surface area contributed by atoms with Crippen molar-refractivity contribution in [2.45, 2.75) is 37.5 Å². The van der Waals surface area contributed by atoms with Gasteiger partial charge >= 0.3 is 0 Å². The first kappa shape index (κ1) is 21.6. The minimum atomic E-state index is -3.50. The molecular formula is C21H25ClN2O4S. The number of aryl methyl sites for hydroxylation is 1. The van der Waals surface area contributed by atoms with E-state index in [1.807, 2.05) is 6.92 Å². The fraction of sp³-hybridized carbons (Fsp3) is 0.381. The molecule has 1 amide bonds. The summed E-state index contributed by atoms with van der Waals surface area (Å²) in [5.74, 6) is 0.224. The minimum absolute atomic E-state index is 0.158. The van der Waals surface area contributed by atoms with E-state index >= 15 is 0 Å². The van der Waals surface area contributed by atoms with E-state index in [9.17, 15) is 13.2 Å². The lowest BCUT2D eigenvalue weighted by molar-refractivity contribution is -0.118. The van der Waals surface area contributed by atoms with Gasteiger partial charge in [0.25, 0.3) is 5.91 Å². The Bertz CT molecular complexity index is 953. The van der Waals surface area contributed by atoms with Crippen molar-refractivity contribution < 1.29 is 17.9 Å². The molecule has 0 aromatic heterocycles. The standard InChI is InChI=1S/C21H25ClN2O4S/c1-16-14-18(8-11-20(16)22)28-15-21(25)23-17-6-9-19(10-7-17)29(26,27)24-12-4-2-3-5-13-24/h6-11,14H,2-5,12-13,15H2,1H3,(H,23,25). The first-order valence-electron chi connectivity index (χ1n) is 9.65. The predicted molar refractivity (Wildman–Crippen MR) is 114 cm³/mol. The van der Waals surface area contributed by atoms with Gasteiger partial charge in [-0.15, -0.1) is 0 Å². The van der Waals surface area contributed by atoms with E-state index in [1.165, 1.54) is 12.1 Å². The molecule has 0 unspecified atom stereocenters. The SMILES string of the molecule is Cc1cc(OCC(=O)Nc2ccc(S(=O)(=O)N3CCCCCC3)cc2)ccc1Cl. The Balaban J connectivity index is 1.58. The van der Waals surface area contributed by atoms with E-state index in [2.05, 4.69) is 5.32 Å². The van der Waals surface area contributed by atoms with Crippen LogP contribution in [0, 0.1) is 6.92 Å². The summed E-state index contributed by atoms with van der Waals surface area (Å²) < 4.78 is 32.6. The van der Waals surface area contributed by atoms with Crippen molar-refractivity contribution in [3.63, 3.8) is 0 Å². The number of nitrogens with one attached hydrogen (secondary N) is 1. The fourth-order valence-electron chi connectivity index (χ4n) is 3.19. The zero-order valence-corrected chi connectivity index (χ0v) is 17.9. The number of sulfonamides is 1. The number of ether oxygens (including phenoxy) is 1. The Hall–Kier alpha value is -2.09. The predicted octanol–water partition coefficient (Wildman–Crippen LogP) is 4.23. The van der Waals surface area contributed by atoms with Crippen molar-refractivity contribution in [2.24, 2.45) is 0 Å². The Morgan fingerprint density at radius 3 is 2.34 bits per heavy atom. The van der Waals surface area contributed by atoms with Crippen LogP contribution < -0.4 is 10.1 Å².